The average Bonchev–Trinajstić information content (AvgIpc) is 2.67. The SMILES string of the molecule is Cc1cn(CC2CCCCC2)c2ccc(Cl)cc12. The molecule has 1 aromatic heterocycles. The first kappa shape index (κ1) is 12.1. The fourth-order valence-electron chi connectivity index (χ4n) is 3.25. The molecule has 2 aromatic rings. The number of aryl methyl sites for hydroxylation is 1. The first-order valence-electron chi connectivity index (χ1n) is 6.99. The molecule has 0 spiro atoms. The Bertz CT molecular complexity index is 549. The summed E-state index contributed by atoms with van der Waals surface area (Å²) in [6.07, 6.45) is 9.33. The lowest BCUT2D eigenvalue weighted by Crippen LogP contribution is -2.13. The fourth-order valence-corrected chi connectivity index (χ4v) is 3.42. The molecule has 0 N–H and O–H groups in total. The Morgan fingerprint density at radius 2 is 2.00 bits per heavy atom. The summed E-state index contributed by atoms with van der Waals surface area (Å²) in [7, 11) is 0. The maximum Gasteiger partial charge on any atom is 0.0484 e. The van der Waals surface area contributed by atoms with Gasteiger partial charge in [0.2, 0.25) is 0 Å². The van der Waals surface area contributed by atoms with Crippen molar-refractivity contribution in [1.82, 2.24) is 4.57 Å². The summed E-state index contributed by atoms with van der Waals surface area (Å²) >= 11 is 6.08. The largest absolute Gasteiger partial charge is 0.347 e. The molecular weight excluding hydrogens is 242 g/mol. The van der Waals surface area contributed by atoms with Crippen molar-refractivity contribution in [1.29, 1.82) is 0 Å². The zero-order valence-electron chi connectivity index (χ0n) is 11.0. The molecule has 1 nitrogen and oxygen atoms in total. The highest BCUT2D eigenvalue weighted by molar-refractivity contribution is 6.31. The number of fused-ring (bicyclic) bond motifs is 1. The molecule has 1 saturated carbocycles. The second-order valence-electron chi connectivity index (χ2n) is 5.63. The third-order valence-corrected chi connectivity index (χ3v) is 4.46. The minimum atomic E-state index is 0.834. The summed E-state index contributed by atoms with van der Waals surface area (Å²) in [5.74, 6) is 0.865. The maximum absolute atomic E-state index is 6.08. The zero-order chi connectivity index (χ0) is 12.5. The molecule has 0 atom stereocenters. The van der Waals surface area contributed by atoms with Crippen LogP contribution in [0.3, 0.4) is 0 Å². The van der Waals surface area contributed by atoms with E-state index in [2.05, 4.69) is 29.8 Å². The fraction of sp³-hybridized carbons (Fsp3) is 0.500. The van der Waals surface area contributed by atoms with Crippen LogP contribution in [0.25, 0.3) is 10.9 Å². The van der Waals surface area contributed by atoms with Gasteiger partial charge in [-0.25, -0.2) is 0 Å². The minimum Gasteiger partial charge on any atom is -0.347 e. The number of rotatable bonds is 2. The van der Waals surface area contributed by atoms with Gasteiger partial charge in [0.05, 0.1) is 0 Å². The third kappa shape index (κ3) is 2.29. The van der Waals surface area contributed by atoms with Crippen molar-refractivity contribution < 1.29 is 0 Å². The third-order valence-electron chi connectivity index (χ3n) is 4.22. The lowest BCUT2D eigenvalue weighted by molar-refractivity contribution is 0.322. The quantitative estimate of drug-likeness (QED) is 0.702. The molecule has 0 radical (unpaired) electrons. The molecule has 0 amide bonds. The number of hydrogen-bond donors (Lipinski definition) is 0. The van der Waals surface area contributed by atoms with Gasteiger partial charge in [-0.3, -0.25) is 0 Å². The molecule has 0 saturated heterocycles. The molecule has 1 fully saturated rings. The summed E-state index contributed by atoms with van der Waals surface area (Å²) in [6.45, 7) is 3.35. The van der Waals surface area contributed by atoms with Crippen LogP contribution in [0.15, 0.2) is 24.4 Å². The molecule has 1 aromatic carbocycles. The second-order valence-corrected chi connectivity index (χ2v) is 6.07. The number of aromatic nitrogens is 1. The van der Waals surface area contributed by atoms with E-state index in [-0.39, 0.29) is 0 Å². The van der Waals surface area contributed by atoms with Crippen molar-refractivity contribution in [3.05, 3.63) is 35.0 Å². The zero-order valence-corrected chi connectivity index (χ0v) is 11.7. The second kappa shape index (κ2) is 4.97. The molecule has 2 heteroatoms. The van der Waals surface area contributed by atoms with Crippen molar-refractivity contribution in [2.75, 3.05) is 0 Å². The number of nitrogens with zero attached hydrogens (tertiary/aromatic N) is 1. The van der Waals surface area contributed by atoms with Gasteiger partial charge in [0.1, 0.15) is 0 Å². The maximum atomic E-state index is 6.08. The Morgan fingerprint density at radius 3 is 2.78 bits per heavy atom. The highest BCUT2D eigenvalue weighted by atomic mass is 35.5. The van der Waals surface area contributed by atoms with Crippen LogP contribution in [0.2, 0.25) is 5.02 Å². The van der Waals surface area contributed by atoms with E-state index in [4.69, 9.17) is 11.6 Å². The molecule has 0 unspecified atom stereocenters. The van der Waals surface area contributed by atoms with Crippen molar-refractivity contribution in [3.63, 3.8) is 0 Å². The highest BCUT2D eigenvalue weighted by Gasteiger charge is 2.15. The van der Waals surface area contributed by atoms with E-state index in [1.54, 1.807) is 0 Å². The summed E-state index contributed by atoms with van der Waals surface area (Å²) in [5, 5.41) is 2.14. The average molecular weight is 262 g/mol. The Kier molecular flexibility index (Phi) is 3.34. The summed E-state index contributed by atoms with van der Waals surface area (Å²) < 4.78 is 2.43. The van der Waals surface area contributed by atoms with E-state index in [0.29, 0.717) is 0 Å². The van der Waals surface area contributed by atoms with Gasteiger partial charge in [0.25, 0.3) is 0 Å². The molecular formula is C16H20ClN. The van der Waals surface area contributed by atoms with Crippen LogP contribution >= 0.6 is 11.6 Å². The Labute approximate surface area is 114 Å². The first-order valence-corrected chi connectivity index (χ1v) is 7.37. The molecule has 1 aliphatic carbocycles. The van der Waals surface area contributed by atoms with E-state index in [9.17, 15) is 0 Å². The van der Waals surface area contributed by atoms with Crippen molar-refractivity contribution >= 4 is 22.5 Å². The molecule has 0 aliphatic heterocycles. The Hall–Kier alpha value is -0.950. The predicted molar refractivity (Wildman–Crippen MR) is 78.3 cm³/mol. The van der Waals surface area contributed by atoms with Crippen molar-refractivity contribution in [3.8, 4) is 0 Å². The van der Waals surface area contributed by atoms with Crippen molar-refractivity contribution in [2.45, 2.75) is 45.6 Å². The van der Waals surface area contributed by atoms with Gasteiger partial charge in [-0.05, 0) is 49.4 Å². The van der Waals surface area contributed by atoms with E-state index >= 15 is 0 Å². The first-order chi connectivity index (χ1) is 8.74. The van der Waals surface area contributed by atoms with E-state index in [0.717, 1.165) is 10.9 Å². The minimum absolute atomic E-state index is 0.834. The van der Waals surface area contributed by atoms with E-state index in [1.807, 2.05) is 6.07 Å². The lowest BCUT2D eigenvalue weighted by atomic mass is 9.89. The number of hydrogen-bond acceptors (Lipinski definition) is 0. The molecule has 0 bridgehead atoms. The molecule has 1 aliphatic rings. The lowest BCUT2D eigenvalue weighted by Gasteiger charge is -2.22. The molecule has 96 valence electrons. The van der Waals surface area contributed by atoms with Crippen LogP contribution in [-0.2, 0) is 6.54 Å². The topological polar surface area (TPSA) is 4.93 Å². The number of halogens is 1. The van der Waals surface area contributed by atoms with Crippen LogP contribution in [0.4, 0.5) is 0 Å². The standard InChI is InChI=1S/C16H20ClN/c1-12-10-18(11-13-5-3-2-4-6-13)16-8-7-14(17)9-15(12)16/h7-10,13H,2-6,11H2,1H3. The molecule has 1 heterocycles. The monoisotopic (exact) mass is 261 g/mol. The van der Waals surface area contributed by atoms with Gasteiger partial charge < -0.3 is 4.57 Å². The number of benzene rings is 1. The van der Waals surface area contributed by atoms with Crippen LogP contribution in [0.1, 0.15) is 37.7 Å². The van der Waals surface area contributed by atoms with Gasteiger partial charge in [0, 0.05) is 28.7 Å². The molecule has 3 rings (SSSR count). The van der Waals surface area contributed by atoms with Crippen LogP contribution in [-0.4, -0.2) is 4.57 Å². The Morgan fingerprint density at radius 1 is 1.22 bits per heavy atom. The van der Waals surface area contributed by atoms with Gasteiger partial charge >= 0.3 is 0 Å². The van der Waals surface area contributed by atoms with E-state index < -0.39 is 0 Å². The van der Waals surface area contributed by atoms with Crippen LogP contribution < -0.4 is 0 Å². The Balaban J connectivity index is 1.91. The van der Waals surface area contributed by atoms with E-state index in [1.165, 1.54) is 55.1 Å². The summed E-state index contributed by atoms with van der Waals surface area (Å²) in [4.78, 5) is 0. The summed E-state index contributed by atoms with van der Waals surface area (Å²) in [5.41, 5.74) is 2.67. The summed E-state index contributed by atoms with van der Waals surface area (Å²) in [6, 6.07) is 6.25. The van der Waals surface area contributed by atoms with Gasteiger partial charge in [-0.2, -0.15) is 0 Å². The van der Waals surface area contributed by atoms with Crippen LogP contribution in [0, 0.1) is 12.8 Å². The van der Waals surface area contributed by atoms with Gasteiger partial charge in [-0.15, -0.1) is 0 Å². The van der Waals surface area contributed by atoms with Crippen LogP contribution in [0.5, 0.6) is 0 Å². The van der Waals surface area contributed by atoms with Gasteiger partial charge in [0.15, 0.2) is 0 Å². The smallest absolute Gasteiger partial charge is 0.0484 e. The van der Waals surface area contributed by atoms with Gasteiger partial charge in [-0.1, -0.05) is 30.9 Å². The molecule has 18 heavy (non-hydrogen) atoms. The highest BCUT2D eigenvalue weighted by Crippen LogP contribution is 2.29. The van der Waals surface area contributed by atoms with Crippen molar-refractivity contribution in [2.24, 2.45) is 5.92 Å². The normalized spacial score (nSPS) is 17.4. The predicted octanol–water partition coefficient (Wildman–Crippen LogP) is 5.18.